The van der Waals surface area contributed by atoms with Crippen molar-refractivity contribution in [2.75, 3.05) is 19.6 Å². The second kappa shape index (κ2) is 6.43. The van der Waals surface area contributed by atoms with Crippen LogP contribution >= 0.6 is 0 Å². The average molecular weight is 317 g/mol. The quantitative estimate of drug-likeness (QED) is 0.729. The monoisotopic (exact) mass is 317 g/mol. The van der Waals surface area contributed by atoms with Crippen LogP contribution in [0, 0.1) is 5.41 Å². The molecule has 3 aliphatic rings. The molecule has 0 bridgehead atoms. The van der Waals surface area contributed by atoms with Crippen LogP contribution in [0.3, 0.4) is 0 Å². The van der Waals surface area contributed by atoms with Crippen molar-refractivity contribution in [2.45, 2.75) is 71.3 Å². The molecule has 0 aromatic rings. The van der Waals surface area contributed by atoms with E-state index in [4.69, 9.17) is 4.74 Å². The molecule has 3 rings (SSSR count). The summed E-state index contributed by atoms with van der Waals surface area (Å²) < 4.78 is 5.41. The maximum absolute atomic E-state index is 11.9. The number of esters is 1. The van der Waals surface area contributed by atoms with E-state index in [0.717, 1.165) is 19.6 Å². The molecule has 1 heterocycles. The van der Waals surface area contributed by atoms with E-state index in [9.17, 15) is 4.79 Å². The fourth-order valence-corrected chi connectivity index (χ4v) is 4.41. The van der Waals surface area contributed by atoms with E-state index in [-0.39, 0.29) is 11.6 Å². The van der Waals surface area contributed by atoms with Crippen molar-refractivity contribution in [3.63, 3.8) is 0 Å². The molecule has 0 radical (unpaired) electrons. The number of hydrogen-bond donors (Lipinski definition) is 0. The first-order valence-corrected chi connectivity index (χ1v) is 9.21. The van der Waals surface area contributed by atoms with Crippen molar-refractivity contribution in [1.29, 1.82) is 0 Å². The number of hydrogen-bond acceptors (Lipinski definition) is 3. The molecule has 1 saturated heterocycles. The Morgan fingerprint density at radius 1 is 1.22 bits per heavy atom. The van der Waals surface area contributed by atoms with Gasteiger partial charge in [-0.3, -0.25) is 4.79 Å². The summed E-state index contributed by atoms with van der Waals surface area (Å²) in [7, 11) is 0. The Bertz CT molecular complexity index is 516. The van der Waals surface area contributed by atoms with Gasteiger partial charge in [-0.05, 0) is 83.4 Å². The van der Waals surface area contributed by atoms with E-state index in [0.29, 0.717) is 11.8 Å². The van der Waals surface area contributed by atoms with Gasteiger partial charge in [0.2, 0.25) is 0 Å². The van der Waals surface area contributed by atoms with Gasteiger partial charge in [-0.2, -0.15) is 0 Å². The van der Waals surface area contributed by atoms with Crippen molar-refractivity contribution in [3.05, 3.63) is 23.3 Å². The van der Waals surface area contributed by atoms with Crippen LogP contribution in [0.15, 0.2) is 23.3 Å². The molecule has 3 nitrogen and oxygen atoms in total. The molecule has 0 unspecified atom stereocenters. The summed E-state index contributed by atoms with van der Waals surface area (Å²) in [6, 6.07) is 0. The molecule has 0 N–H and O–H groups in total. The molecule has 0 aromatic carbocycles. The molecule has 0 atom stereocenters. The molecule has 1 spiro atoms. The van der Waals surface area contributed by atoms with E-state index in [1.807, 2.05) is 20.8 Å². The number of allylic oxidation sites excluding steroid dienone is 4. The lowest BCUT2D eigenvalue weighted by Gasteiger charge is -2.41. The Hall–Kier alpha value is -1.09. The molecule has 0 aromatic heterocycles. The zero-order valence-corrected chi connectivity index (χ0v) is 15.0. The maximum Gasteiger partial charge on any atom is 0.307 e. The van der Waals surface area contributed by atoms with Crippen molar-refractivity contribution < 1.29 is 9.53 Å². The first-order chi connectivity index (χ1) is 10.9. The number of carbonyl (C=O) groups is 1. The first-order valence-electron chi connectivity index (χ1n) is 9.21. The summed E-state index contributed by atoms with van der Waals surface area (Å²) in [4.78, 5) is 14.3. The summed E-state index contributed by atoms with van der Waals surface area (Å²) in [6.07, 6.45) is 13.0. The summed E-state index contributed by atoms with van der Waals surface area (Å²) in [5, 5.41) is 0. The summed E-state index contributed by atoms with van der Waals surface area (Å²) >= 11 is 0. The van der Waals surface area contributed by atoms with Gasteiger partial charge in [0.1, 0.15) is 5.60 Å². The topological polar surface area (TPSA) is 29.5 Å². The molecule has 128 valence electrons. The molecule has 0 amide bonds. The number of rotatable bonds is 3. The SMILES string of the molecule is CC(C)(C)OC(=O)CCN1CCC2(CCC3=C2C=CCC3)CC1. The van der Waals surface area contributed by atoms with E-state index >= 15 is 0 Å². The Morgan fingerprint density at radius 2 is 1.96 bits per heavy atom. The second-order valence-electron chi connectivity index (χ2n) is 8.42. The van der Waals surface area contributed by atoms with Crippen LogP contribution in [0.1, 0.15) is 65.7 Å². The van der Waals surface area contributed by atoms with Crippen LogP contribution in [0.5, 0.6) is 0 Å². The Morgan fingerprint density at radius 3 is 2.65 bits per heavy atom. The number of fused-ring (bicyclic) bond motifs is 1. The maximum atomic E-state index is 11.9. The highest BCUT2D eigenvalue weighted by Gasteiger charge is 2.42. The minimum atomic E-state index is -0.372. The average Bonchev–Trinajstić information content (AvgIpc) is 2.85. The molecule has 1 aliphatic heterocycles. The fourth-order valence-electron chi connectivity index (χ4n) is 4.41. The highest BCUT2D eigenvalue weighted by atomic mass is 16.6. The van der Waals surface area contributed by atoms with E-state index < -0.39 is 0 Å². The number of likely N-dealkylation sites (tertiary alicyclic amines) is 1. The molecule has 1 fully saturated rings. The summed E-state index contributed by atoms with van der Waals surface area (Å²) in [5.74, 6) is -0.0705. The third-order valence-corrected chi connectivity index (χ3v) is 5.62. The number of piperidine rings is 1. The van der Waals surface area contributed by atoms with Crippen molar-refractivity contribution in [1.82, 2.24) is 4.90 Å². The van der Waals surface area contributed by atoms with Gasteiger partial charge in [0, 0.05) is 6.54 Å². The molecular formula is C20H31NO2. The van der Waals surface area contributed by atoms with Gasteiger partial charge in [0.25, 0.3) is 0 Å². The molecule has 3 heteroatoms. The zero-order chi connectivity index (χ0) is 16.5. The van der Waals surface area contributed by atoms with Crippen molar-refractivity contribution in [3.8, 4) is 0 Å². The molecule has 23 heavy (non-hydrogen) atoms. The number of carbonyl (C=O) groups excluding carboxylic acids is 1. The molecule has 2 aliphatic carbocycles. The largest absolute Gasteiger partial charge is 0.460 e. The van der Waals surface area contributed by atoms with Gasteiger partial charge in [-0.15, -0.1) is 0 Å². The highest BCUT2D eigenvalue weighted by molar-refractivity contribution is 5.70. The third-order valence-electron chi connectivity index (χ3n) is 5.62. The highest BCUT2D eigenvalue weighted by Crippen LogP contribution is 2.52. The lowest BCUT2D eigenvalue weighted by Crippen LogP contribution is -2.41. The summed E-state index contributed by atoms with van der Waals surface area (Å²) in [5.41, 5.74) is 3.49. The fraction of sp³-hybridized carbons (Fsp3) is 0.750. The second-order valence-corrected chi connectivity index (χ2v) is 8.42. The van der Waals surface area contributed by atoms with Gasteiger partial charge in [0.05, 0.1) is 6.42 Å². The van der Waals surface area contributed by atoms with Crippen molar-refractivity contribution in [2.24, 2.45) is 5.41 Å². The predicted molar refractivity (Wildman–Crippen MR) is 93.2 cm³/mol. The lowest BCUT2D eigenvalue weighted by atomic mass is 9.72. The van der Waals surface area contributed by atoms with Crippen LogP contribution in [0.2, 0.25) is 0 Å². The summed E-state index contributed by atoms with van der Waals surface area (Å²) in [6.45, 7) is 8.86. The third kappa shape index (κ3) is 3.88. The van der Waals surface area contributed by atoms with Gasteiger partial charge < -0.3 is 9.64 Å². The molecule has 0 saturated carbocycles. The van der Waals surface area contributed by atoms with Crippen molar-refractivity contribution >= 4 is 5.97 Å². The Balaban J connectivity index is 1.49. The minimum Gasteiger partial charge on any atom is -0.460 e. The van der Waals surface area contributed by atoms with Gasteiger partial charge in [-0.25, -0.2) is 0 Å². The van der Waals surface area contributed by atoms with Crippen LogP contribution < -0.4 is 0 Å². The Kier molecular flexibility index (Phi) is 4.68. The number of ether oxygens (including phenoxy) is 1. The van der Waals surface area contributed by atoms with Gasteiger partial charge in [0.15, 0.2) is 0 Å². The van der Waals surface area contributed by atoms with E-state index in [1.165, 1.54) is 38.5 Å². The van der Waals surface area contributed by atoms with Gasteiger partial charge in [-0.1, -0.05) is 17.7 Å². The number of nitrogens with zero attached hydrogens (tertiary/aromatic N) is 1. The van der Waals surface area contributed by atoms with Crippen LogP contribution in [-0.4, -0.2) is 36.1 Å². The standard InChI is InChI=1S/C20H31NO2/c1-19(2,3)23-18(22)9-13-21-14-11-20(12-15-21)10-8-16-6-4-5-7-17(16)20/h5,7H,4,6,8-15H2,1-3H3. The van der Waals surface area contributed by atoms with Crippen LogP contribution in [-0.2, 0) is 9.53 Å². The zero-order valence-electron chi connectivity index (χ0n) is 15.0. The van der Waals surface area contributed by atoms with E-state index in [1.54, 1.807) is 11.1 Å². The predicted octanol–water partition coefficient (Wildman–Crippen LogP) is 4.24. The lowest BCUT2D eigenvalue weighted by molar-refractivity contribution is -0.155. The van der Waals surface area contributed by atoms with E-state index in [2.05, 4.69) is 17.1 Å². The minimum absolute atomic E-state index is 0.0705. The van der Waals surface area contributed by atoms with Gasteiger partial charge >= 0.3 is 5.97 Å². The normalized spacial score (nSPS) is 24.1. The molecular weight excluding hydrogens is 286 g/mol. The van der Waals surface area contributed by atoms with Crippen LogP contribution in [0.25, 0.3) is 0 Å². The first kappa shape index (κ1) is 16.8. The Labute approximate surface area is 140 Å². The smallest absolute Gasteiger partial charge is 0.307 e. The van der Waals surface area contributed by atoms with Crippen LogP contribution in [0.4, 0.5) is 0 Å².